The quantitative estimate of drug-likeness (QED) is 0.370. The van der Waals surface area contributed by atoms with Crippen LogP contribution in [0.5, 0.6) is 5.75 Å². The topological polar surface area (TPSA) is 45.7 Å². The number of hydrogen-bond acceptors (Lipinski definition) is 2. The highest BCUT2D eigenvalue weighted by molar-refractivity contribution is 14.0. The Balaban J connectivity index is 0.00000484. The number of aliphatic imine (C=N–C) groups is 1. The minimum Gasteiger partial charge on any atom is -0.496 e. The van der Waals surface area contributed by atoms with Crippen LogP contribution in [0.15, 0.2) is 29.3 Å². The average Bonchev–Trinajstić information content (AvgIpc) is 2.57. The molecule has 0 saturated carbocycles. The smallest absolute Gasteiger partial charge is 0.191 e. The number of nitrogens with one attached hydrogen (secondary N) is 2. The standard InChI is InChI=1S/C18H31N3O.HI/c1-6-15(7-2)13-21-18(19-4)20-12-14(3)16-10-8-9-11-17(16)22-5;/h8-11,14-15H,6-7,12-13H2,1-5H3,(H2,19,20,21);1H. The van der Waals surface area contributed by atoms with Gasteiger partial charge in [-0.2, -0.15) is 0 Å². The predicted molar refractivity (Wildman–Crippen MR) is 110 cm³/mol. The van der Waals surface area contributed by atoms with Crippen molar-refractivity contribution in [2.24, 2.45) is 10.9 Å². The summed E-state index contributed by atoms with van der Waals surface area (Å²) in [5, 5.41) is 6.82. The average molecular weight is 433 g/mol. The molecule has 1 atom stereocenters. The van der Waals surface area contributed by atoms with Gasteiger partial charge in [-0.3, -0.25) is 4.99 Å². The molecule has 5 heteroatoms. The lowest BCUT2D eigenvalue weighted by molar-refractivity contribution is 0.406. The minimum absolute atomic E-state index is 0. The molecule has 0 heterocycles. The monoisotopic (exact) mass is 433 g/mol. The van der Waals surface area contributed by atoms with E-state index >= 15 is 0 Å². The van der Waals surface area contributed by atoms with E-state index in [1.165, 1.54) is 18.4 Å². The molecule has 0 aromatic heterocycles. The van der Waals surface area contributed by atoms with Gasteiger partial charge in [0.1, 0.15) is 5.75 Å². The van der Waals surface area contributed by atoms with Crippen LogP contribution in [0.25, 0.3) is 0 Å². The first-order chi connectivity index (χ1) is 10.7. The van der Waals surface area contributed by atoms with Gasteiger partial charge in [-0.05, 0) is 17.5 Å². The molecular weight excluding hydrogens is 401 g/mol. The first-order valence-corrected chi connectivity index (χ1v) is 8.23. The van der Waals surface area contributed by atoms with Gasteiger partial charge in [0.15, 0.2) is 5.96 Å². The van der Waals surface area contributed by atoms with Crippen molar-refractivity contribution >= 4 is 29.9 Å². The Kier molecular flexibility index (Phi) is 11.9. The summed E-state index contributed by atoms with van der Waals surface area (Å²) in [6.45, 7) is 8.45. The second-order valence-electron chi connectivity index (χ2n) is 5.66. The van der Waals surface area contributed by atoms with Crippen LogP contribution in [-0.2, 0) is 0 Å². The lowest BCUT2D eigenvalue weighted by atomic mass is 10.00. The molecule has 2 N–H and O–H groups in total. The normalized spacial score (nSPS) is 12.5. The summed E-state index contributed by atoms with van der Waals surface area (Å²) in [6.07, 6.45) is 2.39. The maximum atomic E-state index is 5.43. The molecule has 0 aliphatic carbocycles. The van der Waals surface area contributed by atoms with E-state index in [1.807, 2.05) is 19.2 Å². The van der Waals surface area contributed by atoms with E-state index in [0.717, 1.165) is 24.8 Å². The van der Waals surface area contributed by atoms with Crippen molar-refractivity contribution in [2.45, 2.75) is 39.5 Å². The molecular formula is C18H32IN3O. The summed E-state index contributed by atoms with van der Waals surface area (Å²) in [7, 11) is 3.53. The number of methoxy groups -OCH3 is 1. The van der Waals surface area contributed by atoms with Crippen LogP contribution in [-0.4, -0.2) is 33.2 Å². The van der Waals surface area contributed by atoms with Gasteiger partial charge in [-0.1, -0.05) is 51.8 Å². The van der Waals surface area contributed by atoms with Crippen molar-refractivity contribution < 1.29 is 4.74 Å². The Labute approximate surface area is 158 Å². The van der Waals surface area contributed by atoms with Crippen LogP contribution < -0.4 is 15.4 Å². The Bertz CT molecular complexity index is 461. The van der Waals surface area contributed by atoms with Crippen molar-refractivity contribution in [1.82, 2.24) is 10.6 Å². The molecule has 1 rings (SSSR count). The summed E-state index contributed by atoms with van der Waals surface area (Å²) in [5.74, 6) is 2.86. The van der Waals surface area contributed by atoms with E-state index in [-0.39, 0.29) is 24.0 Å². The molecule has 0 bridgehead atoms. The lowest BCUT2D eigenvalue weighted by Gasteiger charge is -2.20. The molecule has 23 heavy (non-hydrogen) atoms. The molecule has 1 aromatic carbocycles. The molecule has 0 saturated heterocycles. The summed E-state index contributed by atoms with van der Waals surface area (Å²) >= 11 is 0. The Morgan fingerprint density at radius 3 is 2.30 bits per heavy atom. The molecule has 0 fully saturated rings. The van der Waals surface area contributed by atoms with E-state index in [2.05, 4.69) is 48.5 Å². The van der Waals surface area contributed by atoms with Crippen LogP contribution in [0.1, 0.15) is 45.1 Å². The highest BCUT2D eigenvalue weighted by Crippen LogP contribution is 2.25. The van der Waals surface area contributed by atoms with Crippen molar-refractivity contribution in [3.8, 4) is 5.75 Å². The molecule has 0 aliphatic rings. The summed E-state index contributed by atoms with van der Waals surface area (Å²) in [6, 6.07) is 8.17. The highest BCUT2D eigenvalue weighted by atomic mass is 127. The van der Waals surface area contributed by atoms with Gasteiger partial charge >= 0.3 is 0 Å². The maximum Gasteiger partial charge on any atom is 0.191 e. The molecule has 0 amide bonds. The number of halogens is 1. The van der Waals surface area contributed by atoms with E-state index in [0.29, 0.717) is 11.8 Å². The number of hydrogen-bond donors (Lipinski definition) is 2. The van der Waals surface area contributed by atoms with E-state index < -0.39 is 0 Å². The van der Waals surface area contributed by atoms with Gasteiger partial charge in [0.2, 0.25) is 0 Å². The first kappa shape index (κ1) is 22.0. The van der Waals surface area contributed by atoms with Crippen LogP contribution in [0.3, 0.4) is 0 Å². The van der Waals surface area contributed by atoms with Gasteiger partial charge < -0.3 is 15.4 Å². The molecule has 1 unspecified atom stereocenters. The van der Waals surface area contributed by atoms with E-state index in [4.69, 9.17) is 4.74 Å². The Morgan fingerprint density at radius 1 is 1.13 bits per heavy atom. The molecule has 0 aliphatic heterocycles. The maximum absolute atomic E-state index is 5.43. The third-order valence-corrected chi connectivity index (χ3v) is 4.18. The number of guanidine groups is 1. The Morgan fingerprint density at radius 2 is 1.74 bits per heavy atom. The SMILES string of the molecule is CCC(CC)CNC(=NC)NCC(C)c1ccccc1OC.I. The van der Waals surface area contributed by atoms with Crippen molar-refractivity contribution in [2.75, 3.05) is 27.2 Å². The second kappa shape index (κ2) is 12.4. The molecule has 4 nitrogen and oxygen atoms in total. The molecule has 1 aromatic rings. The van der Waals surface area contributed by atoms with Gasteiger partial charge in [0.25, 0.3) is 0 Å². The molecule has 0 spiro atoms. The number of benzene rings is 1. The molecule has 0 radical (unpaired) electrons. The summed E-state index contributed by atoms with van der Waals surface area (Å²) in [4.78, 5) is 4.30. The van der Waals surface area contributed by atoms with Gasteiger partial charge in [0.05, 0.1) is 7.11 Å². The van der Waals surface area contributed by atoms with Crippen LogP contribution >= 0.6 is 24.0 Å². The van der Waals surface area contributed by atoms with Crippen molar-refractivity contribution in [1.29, 1.82) is 0 Å². The van der Waals surface area contributed by atoms with Gasteiger partial charge in [-0.15, -0.1) is 24.0 Å². The fourth-order valence-electron chi connectivity index (χ4n) is 2.47. The zero-order valence-corrected chi connectivity index (χ0v) is 17.4. The largest absolute Gasteiger partial charge is 0.496 e. The van der Waals surface area contributed by atoms with Gasteiger partial charge in [0, 0.05) is 26.1 Å². The minimum atomic E-state index is 0. The second-order valence-corrected chi connectivity index (χ2v) is 5.66. The van der Waals surface area contributed by atoms with E-state index in [1.54, 1.807) is 7.11 Å². The van der Waals surface area contributed by atoms with Crippen LogP contribution in [0.2, 0.25) is 0 Å². The highest BCUT2D eigenvalue weighted by Gasteiger charge is 2.12. The fraction of sp³-hybridized carbons (Fsp3) is 0.611. The number of nitrogens with zero attached hydrogens (tertiary/aromatic N) is 1. The fourth-order valence-corrected chi connectivity index (χ4v) is 2.47. The van der Waals surface area contributed by atoms with Crippen molar-refractivity contribution in [3.05, 3.63) is 29.8 Å². The number of ether oxygens (including phenoxy) is 1. The lowest BCUT2D eigenvalue weighted by Crippen LogP contribution is -2.41. The van der Waals surface area contributed by atoms with Crippen molar-refractivity contribution in [3.63, 3.8) is 0 Å². The van der Waals surface area contributed by atoms with Crippen LogP contribution in [0.4, 0.5) is 0 Å². The Hall–Kier alpha value is -0.980. The molecule has 132 valence electrons. The zero-order chi connectivity index (χ0) is 16.4. The zero-order valence-electron chi connectivity index (χ0n) is 15.1. The van der Waals surface area contributed by atoms with E-state index in [9.17, 15) is 0 Å². The first-order valence-electron chi connectivity index (χ1n) is 8.23. The summed E-state index contributed by atoms with van der Waals surface area (Å²) in [5.41, 5.74) is 1.22. The predicted octanol–water partition coefficient (Wildman–Crippen LogP) is 4.02. The number of para-hydroxylation sites is 1. The third-order valence-electron chi connectivity index (χ3n) is 4.18. The third kappa shape index (κ3) is 7.42. The number of rotatable bonds is 8. The van der Waals surface area contributed by atoms with Crippen LogP contribution in [0, 0.1) is 5.92 Å². The van der Waals surface area contributed by atoms with Gasteiger partial charge in [-0.25, -0.2) is 0 Å². The summed E-state index contributed by atoms with van der Waals surface area (Å²) < 4.78 is 5.43.